The lowest BCUT2D eigenvalue weighted by Gasteiger charge is -2.15. The van der Waals surface area contributed by atoms with Crippen LogP contribution in [0.25, 0.3) is 28.4 Å². The molecular weight excluding hydrogens is 1480 g/mol. The molecule has 0 unspecified atom stereocenters. The summed E-state index contributed by atoms with van der Waals surface area (Å²) >= 11 is 0. The van der Waals surface area contributed by atoms with E-state index in [0.717, 1.165) is 68.1 Å². The predicted octanol–water partition coefficient (Wildman–Crippen LogP) is 5.41. The smallest absolute Gasteiger partial charge is 0.485 e. The number of nitrogens with zero attached hydrogens (tertiary/aromatic N) is 11. The first-order valence-corrected chi connectivity index (χ1v) is 33.1. The van der Waals surface area contributed by atoms with E-state index in [1.807, 2.05) is 36.5 Å². The Bertz CT molecular complexity index is 4080. The highest BCUT2D eigenvalue weighted by molar-refractivity contribution is 7.87. The van der Waals surface area contributed by atoms with Gasteiger partial charge in [0.2, 0.25) is 0 Å². The van der Waals surface area contributed by atoms with Crippen LogP contribution in [-0.4, -0.2) is 169 Å². The molecule has 2 aromatic carbocycles. The van der Waals surface area contributed by atoms with Crippen molar-refractivity contribution in [1.82, 2.24) is 0 Å². The van der Waals surface area contributed by atoms with Gasteiger partial charge in [-0.2, -0.15) is 88.7 Å². The Balaban J connectivity index is 0.000000670. The standard InChI is InChI=1S/C48H56N11.5CHF3O3S/c1-50(2)38-16-26-55(27-17-38)44-43(36-49-37-14-12-11-13-15-37)45(56-28-18-39(19-29-56)51(3)4)47(58-32-22-41(23-33-58)53(7)8)48(59-34-24-42(25-35-59)54(9)10)46(44)57-30-20-40(21-31-57)52(5)6;5*2-1(3,4)8(5,6)7/h11-36H,1-10H3;5*(H,5,6,7)/q+5;;;;;/p-5. The molecule has 0 atom stereocenters. The molecule has 0 radical (unpaired) electrons. The van der Waals surface area contributed by atoms with Gasteiger partial charge in [-0.05, 0) is 12.1 Å². The number of hydrogen-bond acceptors (Lipinski definition) is 21. The first-order chi connectivity index (χ1) is 44.7. The molecule has 99 heavy (non-hydrogen) atoms. The average Bonchev–Trinajstić information content (AvgIpc) is 0.720. The number of pyridine rings is 5. The van der Waals surface area contributed by atoms with Crippen LogP contribution in [0.4, 0.5) is 100.0 Å². The predicted molar refractivity (Wildman–Crippen MR) is 318 cm³/mol. The Labute approximate surface area is 556 Å². The van der Waals surface area contributed by atoms with Crippen LogP contribution in [0.2, 0.25) is 0 Å². The normalized spacial score (nSPS) is 12.3. The van der Waals surface area contributed by atoms with Gasteiger partial charge in [0, 0.05) is 166 Å². The van der Waals surface area contributed by atoms with E-state index in [1.165, 1.54) is 0 Å². The van der Waals surface area contributed by atoms with Gasteiger partial charge >= 0.3 is 56.0 Å². The van der Waals surface area contributed by atoms with E-state index in [9.17, 15) is 65.9 Å². The molecule has 7 aromatic rings. The molecule has 0 saturated heterocycles. The van der Waals surface area contributed by atoms with Crippen molar-refractivity contribution in [2.24, 2.45) is 4.99 Å². The lowest BCUT2D eigenvalue weighted by atomic mass is 10.0. The zero-order valence-corrected chi connectivity index (χ0v) is 56.3. The number of benzene rings is 2. The Hall–Kier alpha value is -8.64. The average molecular weight is 1530 g/mol. The fraction of sp³-hybridized carbons (Fsp3) is 0.283. The number of alkyl halides is 15. The molecule has 0 aliphatic heterocycles. The van der Waals surface area contributed by atoms with Crippen LogP contribution < -0.4 is 47.3 Å². The van der Waals surface area contributed by atoms with Crippen molar-refractivity contribution in [2.45, 2.75) is 27.5 Å². The summed E-state index contributed by atoms with van der Waals surface area (Å²) in [5.74, 6) is 0. The summed E-state index contributed by atoms with van der Waals surface area (Å²) in [6, 6.07) is 31.7. The molecule has 0 fully saturated rings. The maximum absolute atomic E-state index is 10.7. The van der Waals surface area contributed by atoms with Gasteiger partial charge in [-0.3, -0.25) is 4.99 Å². The number of para-hydroxylation sites is 1. The van der Waals surface area contributed by atoms with Gasteiger partial charge in [0.05, 0.1) is 5.69 Å². The number of hydrogen-bond donors (Lipinski definition) is 0. The molecule has 0 aliphatic rings. The van der Waals surface area contributed by atoms with Crippen LogP contribution in [0, 0.1) is 0 Å². The zero-order chi connectivity index (χ0) is 76.8. The molecule has 0 amide bonds. The molecule has 46 heteroatoms. The number of aromatic nitrogens is 5. The molecule has 0 aliphatic carbocycles. The van der Waals surface area contributed by atoms with Crippen molar-refractivity contribution in [1.29, 1.82) is 0 Å². The Morgan fingerprint density at radius 3 is 0.596 bits per heavy atom. The first-order valence-electron chi connectivity index (χ1n) is 26.0. The van der Waals surface area contributed by atoms with Crippen LogP contribution in [-0.2, 0) is 50.6 Å². The molecule has 5 aromatic heterocycles. The van der Waals surface area contributed by atoms with Crippen molar-refractivity contribution in [2.75, 3.05) is 95.0 Å². The zero-order valence-electron chi connectivity index (χ0n) is 52.3. The van der Waals surface area contributed by atoms with Crippen LogP contribution in [0.1, 0.15) is 5.56 Å². The molecule has 0 spiro atoms. The van der Waals surface area contributed by atoms with E-state index in [4.69, 9.17) is 69.8 Å². The summed E-state index contributed by atoms with van der Waals surface area (Å²) in [4.78, 5) is 15.8. The maximum atomic E-state index is 10.7. The number of halogens is 15. The van der Waals surface area contributed by atoms with Gasteiger partial charge in [-0.25, -0.2) is 42.1 Å². The van der Waals surface area contributed by atoms with Gasteiger partial charge < -0.3 is 47.3 Å². The highest BCUT2D eigenvalue weighted by atomic mass is 32.2. The summed E-state index contributed by atoms with van der Waals surface area (Å²) in [7, 11) is -9.77. The van der Waals surface area contributed by atoms with Gasteiger partial charge in [0.25, 0.3) is 0 Å². The summed E-state index contributed by atoms with van der Waals surface area (Å²) in [5.41, 5.74) is -16.2. The summed E-state index contributed by atoms with van der Waals surface area (Å²) in [6.45, 7) is 0. The minimum atomic E-state index is -6.09. The van der Waals surface area contributed by atoms with Gasteiger partial charge in [0.15, 0.2) is 118 Å². The van der Waals surface area contributed by atoms with Crippen molar-refractivity contribution < 1.29 is 154 Å². The molecule has 0 saturated carbocycles. The van der Waals surface area contributed by atoms with Crippen LogP contribution >= 0.6 is 0 Å². The summed E-state index contributed by atoms with van der Waals surface area (Å²) in [6.07, 6.45) is 23.6. The monoisotopic (exact) mass is 1530 g/mol. The molecule has 5 heterocycles. The van der Waals surface area contributed by atoms with Crippen LogP contribution in [0.3, 0.4) is 0 Å². The van der Waals surface area contributed by atoms with Crippen molar-refractivity contribution in [3.05, 3.63) is 159 Å². The number of anilines is 5. The van der Waals surface area contributed by atoms with Crippen LogP contribution in [0.5, 0.6) is 0 Å². The third-order valence-corrected chi connectivity index (χ3v) is 14.7. The second-order valence-corrected chi connectivity index (χ2v) is 26.9. The number of aliphatic imine (C=N–C) groups is 1. The lowest BCUT2D eigenvalue weighted by Crippen LogP contribution is -2.51. The van der Waals surface area contributed by atoms with E-state index in [0.29, 0.717) is 0 Å². The topological polar surface area (TPSA) is 334 Å². The summed E-state index contributed by atoms with van der Waals surface area (Å²) in [5, 5.41) is 0. The number of rotatable bonds is 12. The van der Waals surface area contributed by atoms with Gasteiger partial charge in [-0.1, -0.05) is 18.2 Å². The maximum Gasteiger partial charge on any atom is 0.485 e. The Morgan fingerprint density at radius 1 is 0.293 bits per heavy atom. The quantitative estimate of drug-likeness (QED) is 0.0485. The van der Waals surface area contributed by atoms with E-state index < -0.39 is 78.1 Å². The Kier molecular flexibility index (Phi) is 29.2. The minimum absolute atomic E-state index is 0.858. The minimum Gasteiger partial charge on any atom is -0.741 e. The van der Waals surface area contributed by atoms with Crippen molar-refractivity contribution in [3.8, 4) is 28.4 Å². The molecule has 0 bridgehead atoms. The van der Waals surface area contributed by atoms with Gasteiger partial charge in [-0.15, -0.1) is 0 Å². The largest absolute Gasteiger partial charge is 0.741 e. The van der Waals surface area contributed by atoms with Crippen molar-refractivity contribution >= 4 is 90.9 Å². The molecule has 7 rings (SSSR count). The van der Waals surface area contributed by atoms with E-state index in [2.05, 4.69) is 240 Å². The SMILES string of the molecule is CN(C)c1cc[n+](-c2c(C=Nc3ccccc3)c(-[n+]3ccc(N(C)C)cc3)c(-[n+]3ccc(N(C)C)cc3)c(-[n+]3ccc(N(C)C)cc3)c2-[n+]2ccc(N(C)C)cc2)cc1.O=S(=O)([O-])C(F)(F)F.O=S(=O)([O-])C(F)(F)F.O=S(=O)([O-])C(F)(F)F.O=S(=O)([O-])C(F)(F)F.O=S(=O)([O-])C(F)(F)F. The van der Waals surface area contributed by atoms with Crippen LogP contribution in [0.15, 0.2) is 158 Å². The molecule has 26 nitrogen and oxygen atoms in total. The highest BCUT2D eigenvalue weighted by Crippen LogP contribution is 2.33. The first kappa shape index (κ1) is 86.4. The second-order valence-electron chi connectivity index (χ2n) is 20.0. The molecule has 548 valence electrons. The second kappa shape index (κ2) is 33.5. The third-order valence-electron chi connectivity index (χ3n) is 11.9. The van der Waals surface area contributed by atoms with E-state index >= 15 is 0 Å². The fourth-order valence-electron chi connectivity index (χ4n) is 7.06. The fourth-order valence-corrected chi connectivity index (χ4v) is 7.06. The molecule has 0 N–H and O–H groups in total. The lowest BCUT2D eigenvalue weighted by molar-refractivity contribution is -0.670. The van der Waals surface area contributed by atoms with Crippen molar-refractivity contribution in [3.63, 3.8) is 0 Å². The van der Waals surface area contributed by atoms with E-state index in [-0.39, 0.29) is 0 Å². The van der Waals surface area contributed by atoms with E-state index in [1.54, 1.807) is 0 Å². The van der Waals surface area contributed by atoms with Gasteiger partial charge in [0.1, 0.15) is 0 Å². The summed E-state index contributed by atoms with van der Waals surface area (Å²) < 4.78 is 306. The Morgan fingerprint density at radius 2 is 0.444 bits per heavy atom. The molecular formula is C53H56F15N11O15S5. The third kappa shape index (κ3) is 25.6. The highest BCUT2D eigenvalue weighted by Gasteiger charge is 2.49.